The van der Waals surface area contributed by atoms with E-state index in [1.54, 1.807) is 6.07 Å². The van der Waals surface area contributed by atoms with Crippen LogP contribution in [0.5, 0.6) is 11.5 Å². The topological polar surface area (TPSA) is 33.0 Å². The molecule has 20 heavy (non-hydrogen) atoms. The van der Waals surface area contributed by atoms with Crippen molar-refractivity contribution in [3.63, 3.8) is 0 Å². The SMILES string of the molecule is CCC(C)c1ccccc1Oc1cc(C)ccc1C#N. The van der Waals surface area contributed by atoms with Gasteiger partial charge in [0.05, 0.1) is 5.56 Å². The molecule has 0 N–H and O–H groups in total. The van der Waals surface area contributed by atoms with Gasteiger partial charge in [-0.25, -0.2) is 0 Å². The van der Waals surface area contributed by atoms with E-state index >= 15 is 0 Å². The van der Waals surface area contributed by atoms with E-state index in [0.717, 1.165) is 17.7 Å². The van der Waals surface area contributed by atoms with Gasteiger partial charge in [0, 0.05) is 0 Å². The molecule has 0 bridgehead atoms. The molecule has 2 nitrogen and oxygen atoms in total. The fourth-order valence-electron chi connectivity index (χ4n) is 2.13. The Bertz CT molecular complexity index is 640. The summed E-state index contributed by atoms with van der Waals surface area (Å²) >= 11 is 0. The summed E-state index contributed by atoms with van der Waals surface area (Å²) in [5, 5.41) is 9.18. The lowest BCUT2D eigenvalue weighted by Crippen LogP contribution is -1.97. The first-order valence-electron chi connectivity index (χ1n) is 6.93. The van der Waals surface area contributed by atoms with Crippen molar-refractivity contribution in [2.75, 3.05) is 0 Å². The van der Waals surface area contributed by atoms with Crippen molar-refractivity contribution in [1.29, 1.82) is 5.26 Å². The Hall–Kier alpha value is -2.27. The van der Waals surface area contributed by atoms with Gasteiger partial charge in [0.2, 0.25) is 0 Å². The van der Waals surface area contributed by atoms with E-state index in [2.05, 4.69) is 26.0 Å². The minimum atomic E-state index is 0.432. The summed E-state index contributed by atoms with van der Waals surface area (Å²) < 4.78 is 6.01. The van der Waals surface area contributed by atoms with Gasteiger partial charge in [-0.15, -0.1) is 0 Å². The first-order valence-corrected chi connectivity index (χ1v) is 6.93. The molecule has 0 aromatic heterocycles. The van der Waals surface area contributed by atoms with Gasteiger partial charge in [-0.3, -0.25) is 0 Å². The predicted octanol–water partition coefficient (Wildman–Crippen LogP) is 5.17. The number of hydrogen-bond acceptors (Lipinski definition) is 2. The van der Waals surface area contributed by atoms with Crippen LogP contribution in [0.25, 0.3) is 0 Å². The fourth-order valence-corrected chi connectivity index (χ4v) is 2.13. The van der Waals surface area contributed by atoms with Crippen molar-refractivity contribution in [3.05, 3.63) is 59.2 Å². The minimum Gasteiger partial charge on any atom is -0.456 e. The van der Waals surface area contributed by atoms with E-state index in [1.165, 1.54) is 5.56 Å². The average molecular weight is 265 g/mol. The average Bonchev–Trinajstić information content (AvgIpc) is 2.47. The largest absolute Gasteiger partial charge is 0.456 e. The molecule has 1 unspecified atom stereocenters. The van der Waals surface area contributed by atoms with E-state index in [0.29, 0.717) is 17.2 Å². The zero-order valence-electron chi connectivity index (χ0n) is 12.2. The van der Waals surface area contributed by atoms with Crippen LogP contribution in [0.15, 0.2) is 42.5 Å². The molecule has 0 heterocycles. The normalized spacial score (nSPS) is 11.7. The number of rotatable bonds is 4. The van der Waals surface area contributed by atoms with E-state index in [-0.39, 0.29) is 0 Å². The minimum absolute atomic E-state index is 0.432. The lowest BCUT2D eigenvalue weighted by Gasteiger charge is -2.16. The molecule has 0 radical (unpaired) electrons. The van der Waals surface area contributed by atoms with Crippen LogP contribution in [0.1, 0.15) is 42.9 Å². The molecule has 0 amide bonds. The van der Waals surface area contributed by atoms with Crippen LogP contribution in [0.2, 0.25) is 0 Å². The van der Waals surface area contributed by atoms with Crippen LogP contribution in [0.3, 0.4) is 0 Å². The maximum atomic E-state index is 9.18. The first kappa shape index (κ1) is 14.1. The molecule has 0 saturated heterocycles. The van der Waals surface area contributed by atoms with E-state index in [4.69, 9.17) is 4.74 Å². The van der Waals surface area contributed by atoms with Crippen LogP contribution in [0, 0.1) is 18.3 Å². The highest BCUT2D eigenvalue weighted by Crippen LogP contribution is 2.33. The number of hydrogen-bond donors (Lipinski definition) is 0. The second-order valence-electron chi connectivity index (χ2n) is 5.06. The van der Waals surface area contributed by atoms with Crippen LogP contribution in [-0.4, -0.2) is 0 Å². The maximum absolute atomic E-state index is 9.18. The Morgan fingerprint density at radius 3 is 2.60 bits per heavy atom. The molecule has 2 rings (SSSR count). The number of nitriles is 1. The molecule has 0 aliphatic carbocycles. The fraction of sp³-hybridized carbons (Fsp3) is 0.278. The Kier molecular flexibility index (Phi) is 4.42. The number of para-hydroxylation sites is 1. The smallest absolute Gasteiger partial charge is 0.145 e. The molecule has 0 aliphatic rings. The van der Waals surface area contributed by atoms with Gasteiger partial charge in [-0.2, -0.15) is 5.26 Å². The van der Waals surface area contributed by atoms with Gasteiger partial charge in [-0.05, 0) is 48.6 Å². The van der Waals surface area contributed by atoms with Crippen molar-refractivity contribution in [2.45, 2.75) is 33.1 Å². The summed E-state index contributed by atoms with van der Waals surface area (Å²) in [6.45, 7) is 6.34. The molecule has 2 aromatic carbocycles. The zero-order valence-corrected chi connectivity index (χ0v) is 12.2. The molecule has 0 aliphatic heterocycles. The van der Waals surface area contributed by atoms with Gasteiger partial charge >= 0.3 is 0 Å². The highest BCUT2D eigenvalue weighted by Gasteiger charge is 2.12. The summed E-state index contributed by atoms with van der Waals surface area (Å²) in [6.07, 6.45) is 1.05. The number of ether oxygens (including phenoxy) is 1. The Labute approximate surface area is 120 Å². The van der Waals surface area contributed by atoms with Crippen molar-refractivity contribution in [2.24, 2.45) is 0 Å². The third-order valence-electron chi connectivity index (χ3n) is 3.54. The summed E-state index contributed by atoms with van der Waals surface area (Å²) in [5.41, 5.74) is 2.83. The number of aryl methyl sites for hydroxylation is 1. The molecule has 0 fully saturated rings. The Balaban J connectivity index is 2.41. The van der Waals surface area contributed by atoms with Crippen LogP contribution < -0.4 is 4.74 Å². The van der Waals surface area contributed by atoms with Crippen LogP contribution in [0.4, 0.5) is 0 Å². The van der Waals surface area contributed by atoms with Gasteiger partial charge in [0.15, 0.2) is 0 Å². The van der Waals surface area contributed by atoms with E-state index in [9.17, 15) is 5.26 Å². The highest BCUT2D eigenvalue weighted by atomic mass is 16.5. The van der Waals surface area contributed by atoms with Gasteiger partial charge in [0.25, 0.3) is 0 Å². The first-order chi connectivity index (χ1) is 9.65. The highest BCUT2D eigenvalue weighted by molar-refractivity contribution is 5.48. The number of benzene rings is 2. The van der Waals surface area contributed by atoms with Crippen molar-refractivity contribution < 1.29 is 4.74 Å². The third-order valence-corrected chi connectivity index (χ3v) is 3.54. The van der Waals surface area contributed by atoms with Crippen molar-refractivity contribution in [1.82, 2.24) is 0 Å². The summed E-state index contributed by atoms with van der Waals surface area (Å²) in [5.74, 6) is 1.90. The zero-order chi connectivity index (χ0) is 14.5. The monoisotopic (exact) mass is 265 g/mol. The summed E-state index contributed by atoms with van der Waals surface area (Å²) in [6, 6.07) is 15.9. The second-order valence-corrected chi connectivity index (χ2v) is 5.06. The standard InChI is InChI=1S/C18H19NO/c1-4-14(3)16-7-5-6-8-17(16)20-18-11-13(2)9-10-15(18)12-19/h5-11,14H,4H2,1-3H3. The quantitative estimate of drug-likeness (QED) is 0.763. The van der Waals surface area contributed by atoms with E-state index < -0.39 is 0 Å². The summed E-state index contributed by atoms with van der Waals surface area (Å²) in [7, 11) is 0. The maximum Gasteiger partial charge on any atom is 0.145 e. The van der Waals surface area contributed by atoms with Gasteiger partial charge < -0.3 is 4.74 Å². The van der Waals surface area contributed by atoms with E-state index in [1.807, 2.05) is 37.3 Å². The molecule has 102 valence electrons. The predicted molar refractivity (Wildman–Crippen MR) is 81.1 cm³/mol. The lowest BCUT2D eigenvalue weighted by atomic mass is 9.98. The molecule has 2 heteroatoms. The third kappa shape index (κ3) is 3.00. The second kappa shape index (κ2) is 6.25. The summed E-state index contributed by atoms with van der Waals surface area (Å²) in [4.78, 5) is 0. The molecule has 2 aromatic rings. The molecule has 0 saturated carbocycles. The molecule has 1 atom stereocenters. The van der Waals surface area contributed by atoms with Gasteiger partial charge in [0.1, 0.15) is 17.6 Å². The van der Waals surface area contributed by atoms with Crippen molar-refractivity contribution in [3.8, 4) is 17.6 Å². The molecule has 0 spiro atoms. The Morgan fingerprint density at radius 1 is 1.15 bits per heavy atom. The molecular formula is C18H19NO. The Morgan fingerprint density at radius 2 is 1.90 bits per heavy atom. The van der Waals surface area contributed by atoms with Crippen molar-refractivity contribution >= 4 is 0 Å². The lowest BCUT2D eigenvalue weighted by molar-refractivity contribution is 0.468. The van der Waals surface area contributed by atoms with Crippen LogP contribution >= 0.6 is 0 Å². The van der Waals surface area contributed by atoms with Gasteiger partial charge in [-0.1, -0.05) is 38.1 Å². The van der Waals surface area contributed by atoms with Crippen LogP contribution in [-0.2, 0) is 0 Å². The number of nitrogens with zero attached hydrogens (tertiary/aromatic N) is 1. The molecular weight excluding hydrogens is 246 g/mol.